The first-order valence-corrected chi connectivity index (χ1v) is 3.65. The molecule has 60 valence electrons. The van der Waals surface area contributed by atoms with E-state index in [1.807, 2.05) is 31.9 Å². The topological polar surface area (TPSA) is 44.1 Å². The van der Waals surface area contributed by atoms with Crippen molar-refractivity contribution in [2.45, 2.75) is 19.4 Å². The Morgan fingerprint density at radius 3 is 2.45 bits per heavy atom. The van der Waals surface area contributed by atoms with E-state index >= 15 is 0 Å². The second-order valence-corrected chi connectivity index (χ2v) is 3.49. The van der Waals surface area contributed by atoms with E-state index in [4.69, 9.17) is 5.26 Å². The van der Waals surface area contributed by atoms with Crippen LogP contribution in [0.3, 0.4) is 0 Å². The van der Waals surface area contributed by atoms with Gasteiger partial charge < -0.3 is 0 Å². The largest absolute Gasteiger partial charge is 0.296 e. The average Bonchev–Trinajstić information content (AvgIpc) is 2.14. The van der Waals surface area contributed by atoms with Gasteiger partial charge in [-0.3, -0.25) is 9.69 Å². The molecule has 0 amide bonds. The molecule has 0 spiro atoms. The third-order valence-electron chi connectivity index (χ3n) is 2.49. The summed E-state index contributed by atoms with van der Waals surface area (Å²) in [6, 6.07) is 2.01. The van der Waals surface area contributed by atoms with Crippen molar-refractivity contribution < 1.29 is 4.79 Å². The molecular weight excluding hydrogens is 140 g/mol. The van der Waals surface area contributed by atoms with Gasteiger partial charge in [-0.25, -0.2) is 0 Å². The van der Waals surface area contributed by atoms with Crippen LogP contribution in [0.25, 0.3) is 0 Å². The van der Waals surface area contributed by atoms with E-state index in [1.165, 1.54) is 0 Å². The van der Waals surface area contributed by atoms with Crippen LogP contribution in [0.15, 0.2) is 0 Å². The number of hydrogen-bond acceptors (Lipinski definition) is 3. The van der Waals surface area contributed by atoms with E-state index in [1.54, 1.807) is 0 Å². The first-order chi connectivity index (χ1) is 5.00. The molecule has 1 fully saturated rings. The lowest BCUT2D eigenvalue weighted by molar-refractivity contribution is -0.124. The fourth-order valence-corrected chi connectivity index (χ4v) is 1.30. The Hall–Kier alpha value is -0.880. The number of likely N-dealkylation sites (N-methyl/N-ethyl adjacent to an activating group) is 1. The molecule has 0 bridgehead atoms. The maximum Gasteiger partial charge on any atom is 0.170 e. The minimum atomic E-state index is -0.444. The SMILES string of the molecule is CN1CC(C#N)C(=O)C1(C)C. The molecule has 1 rings (SSSR count). The van der Waals surface area contributed by atoms with Crippen molar-refractivity contribution >= 4 is 5.78 Å². The smallest absolute Gasteiger partial charge is 0.170 e. The van der Waals surface area contributed by atoms with E-state index < -0.39 is 11.5 Å². The Bertz CT molecular complexity index is 227. The Morgan fingerprint density at radius 1 is 1.73 bits per heavy atom. The van der Waals surface area contributed by atoms with Crippen molar-refractivity contribution in [3.8, 4) is 6.07 Å². The second-order valence-electron chi connectivity index (χ2n) is 3.49. The maximum absolute atomic E-state index is 11.4. The summed E-state index contributed by atoms with van der Waals surface area (Å²) in [4.78, 5) is 13.3. The summed E-state index contributed by atoms with van der Waals surface area (Å²) in [6.07, 6.45) is 0. The highest BCUT2D eigenvalue weighted by Crippen LogP contribution is 2.26. The third-order valence-corrected chi connectivity index (χ3v) is 2.49. The van der Waals surface area contributed by atoms with Crippen molar-refractivity contribution in [1.82, 2.24) is 4.90 Å². The number of carbonyl (C=O) groups excluding carboxylic acids is 1. The minimum Gasteiger partial charge on any atom is -0.296 e. The third kappa shape index (κ3) is 1.04. The number of likely N-dealkylation sites (tertiary alicyclic amines) is 1. The van der Waals surface area contributed by atoms with Gasteiger partial charge in [0.2, 0.25) is 0 Å². The number of Topliss-reactive ketones (excluding diaryl/α,β-unsaturated/α-hetero) is 1. The predicted molar refractivity (Wildman–Crippen MR) is 40.8 cm³/mol. The molecule has 0 aromatic rings. The Kier molecular flexibility index (Phi) is 1.73. The fourth-order valence-electron chi connectivity index (χ4n) is 1.30. The molecule has 0 aromatic heterocycles. The van der Waals surface area contributed by atoms with Crippen LogP contribution in [-0.4, -0.2) is 29.8 Å². The van der Waals surface area contributed by atoms with Crippen molar-refractivity contribution in [1.29, 1.82) is 5.26 Å². The average molecular weight is 152 g/mol. The van der Waals surface area contributed by atoms with Gasteiger partial charge in [-0.2, -0.15) is 5.26 Å². The van der Waals surface area contributed by atoms with Crippen LogP contribution < -0.4 is 0 Å². The Balaban J connectivity index is 2.91. The van der Waals surface area contributed by atoms with E-state index in [0.717, 1.165) is 0 Å². The highest BCUT2D eigenvalue weighted by molar-refractivity contribution is 5.93. The van der Waals surface area contributed by atoms with Crippen molar-refractivity contribution in [2.75, 3.05) is 13.6 Å². The molecule has 3 heteroatoms. The lowest BCUT2D eigenvalue weighted by Gasteiger charge is -2.24. The first kappa shape index (κ1) is 8.22. The molecule has 1 unspecified atom stereocenters. The number of rotatable bonds is 0. The molecule has 1 saturated heterocycles. The molecule has 1 aliphatic rings. The summed E-state index contributed by atoms with van der Waals surface area (Å²) < 4.78 is 0. The lowest BCUT2D eigenvalue weighted by atomic mass is 9.96. The van der Waals surface area contributed by atoms with Crippen LogP contribution in [-0.2, 0) is 4.79 Å². The van der Waals surface area contributed by atoms with Crippen LogP contribution in [0, 0.1) is 17.2 Å². The summed E-state index contributed by atoms with van der Waals surface area (Å²) in [5, 5.41) is 8.59. The lowest BCUT2D eigenvalue weighted by Crippen LogP contribution is -2.40. The highest BCUT2D eigenvalue weighted by atomic mass is 16.1. The summed E-state index contributed by atoms with van der Waals surface area (Å²) >= 11 is 0. The molecule has 1 aliphatic heterocycles. The summed E-state index contributed by atoms with van der Waals surface area (Å²) in [5.74, 6) is -0.377. The van der Waals surface area contributed by atoms with Gasteiger partial charge in [-0.15, -0.1) is 0 Å². The second kappa shape index (κ2) is 2.31. The van der Waals surface area contributed by atoms with Crippen LogP contribution in [0.2, 0.25) is 0 Å². The Labute approximate surface area is 66.6 Å². The number of carbonyl (C=O) groups is 1. The molecule has 0 aliphatic carbocycles. The van der Waals surface area contributed by atoms with Crippen LogP contribution in [0.1, 0.15) is 13.8 Å². The molecule has 11 heavy (non-hydrogen) atoms. The number of hydrogen-bond donors (Lipinski definition) is 0. The molecule has 0 saturated carbocycles. The number of nitrogens with zero attached hydrogens (tertiary/aromatic N) is 2. The van der Waals surface area contributed by atoms with E-state index in [-0.39, 0.29) is 5.78 Å². The summed E-state index contributed by atoms with van der Waals surface area (Å²) in [7, 11) is 1.87. The molecule has 0 N–H and O–H groups in total. The summed E-state index contributed by atoms with van der Waals surface area (Å²) in [5.41, 5.74) is -0.444. The van der Waals surface area contributed by atoms with Gasteiger partial charge in [0.05, 0.1) is 11.6 Å². The van der Waals surface area contributed by atoms with E-state index in [0.29, 0.717) is 6.54 Å². The van der Waals surface area contributed by atoms with E-state index in [2.05, 4.69) is 0 Å². The molecule has 0 radical (unpaired) electrons. The van der Waals surface area contributed by atoms with E-state index in [9.17, 15) is 4.79 Å². The monoisotopic (exact) mass is 152 g/mol. The zero-order valence-corrected chi connectivity index (χ0v) is 7.09. The highest BCUT2D eigenvalue weighted by Gasteiger charge is 2.44. The van der Waals surface area contributed by atoms with Crippen LogP contribution in [0.5, 0.6) is 0 Å². The molecular formula is C8H12N2O. The molecule has 1 atom stereocenters. The zero-order valence-electron chi connectivity index (χ0n) is 7.09. The standard InChI is InChI=1S/C8H12N2O/c1-8(2)7(11)6(4-9)5-10(8)3/h6H,5H2,1-3H3. The van der Waals surface area contributed by atoms with Gasteiger partial charge in [-0.05, 0) is 20.9 Å². The van der Waals surface area contributed by atoms with Crippen molar-refractivity contribution in [3.63, 3.8) is 0 Å². The minimum absolute atomic E-state index is 0.0440. The summed E-state index contributed by atoms with van der Waals surface area (Å²) in [6.45, 7) is 4.28. The van der Waals surface area contributed by atoms with Gasteiger partial charge in [0, 0.05) is 6.54 Å². The van der Waals surface area contributed by atoms with Crippen molar-refractivity contribution in [3.05, 3.63) is 0 Å². The van der Waals surface area contributed by atoms with Gasteiger partial charge in [0.25, 0.3) is 0 Å². The normalized spacial score (nSPS) is 30.4. The number of nitriles is 1. The van der Waals surface area contributed by atoms with Gasteiger partial charge >= 0.3 is 0 Å². The maximum atomic E-state index is 11.4. The quantitative estimate of drug-likeness (QED) is 0.505. The van der Waals surface area contributed by atoms with Crippen LogP contribution >= 0.6 is 0 Å². The number of ketones is 1. The van der Waals surface area contributed by atoms with Gasteiger partial charge in [0.1, 0.15) is 5.92 Å². The first-order valence-electron chi connectivity index (χ1n) is 3.65. The van der Waals surface area contributed by atoms with Gasteiger partial charge in [-0.1, -0.05) is 0 Å². The molecule has 3 nitrogen and oxygen atoms in total. The predicted octanol–water partition coefficient (Wildman–Crippen LogP) is 0.419. The Morgan fingerprint density at radius 2 is 2.27 bits per heavy atom. The molecule has 1 heterocycles. The molecule has 0 aromatic carbocycles. The van der Waals surface area contributed by atoms with Gasteiger partial charge in [0.15, 0.2) is 5.78 Å². The van der Waals surface area contributed by atoms with Crippen LogP contribution in [0.4, 0.5) is 0 Å². The fraction of sp³-hybridized carbons (Fsp3) is 0.750. The van der Waals surface area contributed by atoms with Crippen molar-refractivity contribution in [2.24, 2.45) is 5.92 Å². The zero-order chi connectivity index (χ0) is 8.65.